The molecule has 3 heterocycles. The Bertz CT molecular complexity index is 2470. The van der Waals surface area contributed by atoms with Crippen molar-refractivity contribution in [2.24, 2.45) is 17.3 Å². The van der Waals surface area contributed by atoms with Gasteiger partial charge in [-0.1, -0.05) is 36.4 Å². The van der Waals surface area contributed by atoms with Gasteiger partial charge in [0.2, 0.25) is 31.9 Å². The number of nitrogens with zero attached hydrogens (tertiary/aromatic N) is 4. The molecule has 3 aliphatic heterocycles. The van der Waals surface area contributed by atoms with Crippen molar-refractivity contribution >= 4 is 55.4 Å². The molecule has 0 spiro atoms. The van der Waals surface area contributed by atoms with Crippen LogP contribution in [-0.4, -0.2) is 108 Å². The van der Waals surface area contributed by atoms with Crippen molar-refractivity contribution in [3.8, 4) is 0 Å². The largest absolute Gasteiger partial charge is 0.460 e. The third kappa shape index (κ3) is 9.94. The predicted octanol–water partition coefficient (Wildman–Crippen LogP) is 4.12. The van der Waals surface area contributed by atoms with E-state index in [9.17, 15) is 55.3 Å². The van der Waals surface area contributed by atoms with Crippen molar-refractivity contribution in [3.05, 3.63) is 81.7 Å². The highest BCUT2D eigenvalue weighted by atomic mass is 32.2. The number of nitrogens with one attached hydrogen (secondary N) is 1. The van der Waals surface area contributed by atoms with Crippen molar-refractivity contribution in [1.82, 2.24) is 18.8 Å². The fraction of sp³-hybridized carbons (Fsp3) is 0.548. The summed E-state index contributed by atoms with van der Waals surface area (Å²) in [7, 11) is -8.67. The molecule has 2 aliphatic carbocycles. The van der Waals surface area contributed by atoms with Gasteiger partial charge in [0.05, 0.1) is 41.1 Å². The number of nitro benzene ring substituents is 1. The van der Waals surface area contributed by atoms with Crippen LogP contribution in [-0.2, 0) is 61.8 Å². The fourth-order valence-electron chi connectivity index (χ4n) is 8.67. The van der Waals surface area contributed by atoms with E-state index < -0.39 is 124 Å². The number of sulfonamides is 2. The lowest BCUT2D eigenvalue weighted by molar-refractivity contribution is -0.387. The number of hydrogen-bond acceptors (Lipinski definition) is 13. The van der Waals surface area contributed by atoms with Gasteiger partial charge >= 0.3 is 12.1 Å². The number of nitro groups is 1. The minimum absolute atomic E-state index is 0.00933. The third-order valence-corrected chi connectivity index (χ3v) is 15.9. The summed E-state index contributed by atoms with van der Waals surface area (Å²) in [5.74, 6) is -5.48. The summed E-state index contributed by atoms with van der Waals surface area (Å²) in [6.07, 6.45) is 0.371. The maximum absolute atomic E-state index is 14.8. The van der Waals surface area contributed by atoms with Crippen LogP contribution < -0.4 is 4.72 Å². The Kier molecular flexibility index (Phi) is 12.6. The number of allylic oxidation sites excluding steroid dienone is 1. The number of benzene rings is 2. The summed E-state index contributed by atoms with van der Waals surface area (Å²) >= 11 is 0. The molecule has 0 unspecified atom stereocenters. The topological polar surface area (TPSA) is 237 Å². The first-order chi connectivity index (χ1) is 29.6. The second kappa shape index (κ2) is 17.4. The number of hydrogen-bond donors (Lipinski definition) is 1. The van der Waals surface area contributed by atoms with Crippen molar-refractivity contribution in [2.75, 3.05) is 19.6 Å². The van der Waals surface area contributed by atoms with Gasteiger partial charge in [0, 0.05) is 50.0 Å². The van der Waals surface area contributed by atoms with Crippen LogP contribution in [0.5, 0.6) is 0 Å². The quantitative estimate of drug-likeness (QED) is 0.162. The molecular formula is C42H50FN5O13S2. The maximum Gasteiger partial charge on any atom is 0.410 e. The van der Waals surface area contributed by atoms with E-state index >= 15 is 0 Å². The van der Waals surface area contributed by atoms with Crippen LogP contribution in [0, 0.1) is 33.2 Å². The number of fused-ring (bicyclic) bond motifs is 3. The molecule has 63 heavy (non-hydrogen) atoms. The van der Waals surface area contributed by atoms with Crippen molar-refractivity contribution in [1.29, 1.82) is 0 Å². The van der Waals surface area contributed by atoms with Gasteiger partial charge in [-0.25, -0.2) is 26.0 Å². The summed E-state index contributed by atoms with van der Waals surface area (Å²) in [4.78, 5) is 83.2. The molecule has 2 aromatic rings. The molecule has 2 aromatic carbocycles. The molecule has 3 amide bonds. The summed E-state index contributed by atoms with van der Waals surface area (Å²) < 4.78 is 83.4. The smallest absolute Gasteiger partial charge is 0.410 e. The number of carbonyl (C=O) groups is 5. The average Bonchev–Trinajstić information content (AvgIpc) is 4.09. The van der Waals surface area contributed by atoms with Crippen LogP contribution >= 0.6 is 0 Å². The van der Waals surface area contributed by atoms with Crippen LogP contribution in [0.25, 0.3) is 0 Å². The molecule has 1 saturated heterocycles. The number of amides is 3. The molecule has 7 rings (SSSR count). The Morgan fingerprint density at radius 3 is 2.43 bits per heavy atom. The number of esters is 1. The van der Waals surface area contributed by atoms with E-state index in [0.717, 1.165) is 16.4 Å². The SMILES string of the molecule is CC(C)(C)OC(=O)C[C@H]1CCCN(S(=O)(=O)c2ccccc2[N+](=O)[O-])C/C=C\[C@@H]2C[C@@]2(C(=O)NS(=O)(=O)C2CC2)CC(=O)[C@@H]2C[C@@H](OC(=O)N3Cc4cccc(F)c4C3)CN2C1=O. The minimum Gasteiger partial charge on any atom is -0.460 e. The first-order valence-electron chi connectivity index (χ1n) is 20.8. The molecule has 340 valence electrons. The van der Waals surface area contributed by atoms with Crippen LogP contribution in [0.2, 0.25) is 0 Å². The molecule has 3 fully saturated rings. The van der Waals surface area contributed by atoms with Crippen LogP contribution in [0.1, 0.15) is 83.3 Å². The predicted molar refractivity (Wildman–Crippen MR) is 220 cm³/mol. The average molecular weight is 916 g/mol. The number of ether oxygens (including phenoxy) is 2. The molecule has 5 atom stereocenters. The molecule has 0 radical (unpaired) electrons. The summed E-state index contributed by atoms with van der Waals surface area (Å²) in [5, 5.41) is 11.2. The molecule has 1 N–H and O–H groups in total. The van der Waals surface area contributed by atoms with E-state index in [-0.39, 0.29) is 58.4 Å². The van der Waals surface area contributed by atoms with Gasteiger partial charge in [-0.15, -0.1) is 0 Å². The fourth-order valence-corrected chi connectivity index (χ4v) is 11.6. The summed E-state index contributed by atoms with van der Waals surface area (Å²) in [6, 6.07) is 8.00. The minimum atomic E-state index is -4.59. The maximum atomic E-state index is 14.8. The standard InChI is InChI=1S/C42H50FN5O13S2/c1-41(2,3)61-37(50)19-26-10-7-17-46(63(58,59)36-14-5-4-13-33(36)48(54)55)18-8-11-28-21-42(28,39(52)44-62(56,57)30-15-16-30)22-35(49)34-20-29(24-47(34)38(26)51)60-40(53)45-23-27-9-6-12-32(43)31(27)25-45/h4-6,8-9,11-14,26,28-30,34H,7,10,15-25H2,1-3H3,(H,44,52)/b11-8-/t26-,28-,29-,34+,42-/m1/s1. The van der Waals surface area contributed by atoms with E-state index in [1.54, 1.807) is 26.8 Å². The molecule has 0 aromatic heterocycles. The van der Waals surface area contributed by atoms with Gasteiger partial charge in [0.15, 0.2) is 10.7 Å². The number of ketones is 1. The zero-order chi connectivity index (χ0) is 45.6. The Hall–Kier alpha value is -5.28. The number of halogens is 1. The van der Waals surface area contributed by atoms with E-state index in [1.165, 1.54) is 46.2 Å². The highest BCUT2D eigenvalue weighted by Crippen LogP contribution is 2.57. The molecule has 5 aliphatic rings. The van der Waals surface area contributed by atoms with Crippen LogP contribution in [0.3, 0.4) is 0 Å². The van der Waals surface area contributed by atoms with E-state index in [4.69, 9.17) is 9.47 Å². The van der Waals surface area contributed by atoms with Crippen LogP contribution in [0.4, 0.5) is 14.9 Å². The number of para-hydroxylation sites is 1. The first kappa shape index (κ1) is 45.7. The van der Waals surface area contributed by atoms with Gasteiger partial charge in [-0.3, -0.25) is 38.9 Å². The van der Waals surface area contributed by atoms with E-state index in [0.29, 0.717) is 24.0 Å². The lowest BCUT2D eigenvalue weighted by Gasteiger charge is -2.29. The normalized spacial score (nSPS) is 26.3. The van der Waals surface area contributed by atoms with Gasteiger partial charge in [0.1, 0.15) is 17.5 Å². The monoisotopic (exact) mass is 915 g/mol. The number of carbonyl (C=O) groups excluding carboxylic acids is 5. The zero-order valence-electron chi connectivity index (χ0n) is 35.1. The Balaban J connectivity index is 1.22. The zero-order valence-corrected chi connectivity index (χ0v) is 36.7. The second-order valence-corrected chi connectivity index (χ2v) is 21.8. The van der Waals surface area contributed by atoms with Crippen molar-refractivity contribution in [3.63, 3.8) is 0 Å². The molecule has 21 heteroatoms. The van der Waals surface area contributed by atoms with Crippen LogP contribution in [0.15, 0.2) is 59.5 Å². The van der Waals surface area contributed by atoms with Gasteiger partial charge in [-0.2, -0.15) is 4.31 Å². The molecule has 0 bridgehead atoms. The molecular weight excluding hydrogens is 866 g/mol. The molecule has 2 saturated carbocycles. The van der Waals surface area contributed by atoms with Gasteiger partial charge in [0.25, 0.3) is 5.69 Å². The van der Waals surface area contributed by atoms with Gasteiger partial charge < -0.3 is 14.4 Å². The first-order valence-corrected chi connectivity index (χ1v) is 23.8. The Labute approximate surface area is 364 Å². The Morgan fingerprint density at radius 2 is 1.75 bits per heavy atom. The number of rotatable bonds is 9. The summed E-state index contributed by atoms with van der Waals surface area (Å²) in [5.41, 5.74) is -2.32. The second-order valence-electron chi connectivity index (χ2n) is 17.9. The van der Waals surface area contributed by atoms with Crippen molar-refractivity contribution < 1.29 is 59.6 Å². The lowest BCUT2D eigenvalue weighted by Crippen LogP contribution is -2.46. The van der Waals surface area contributed by atoms with E-state index in [1.807, 2.05) is 0 Å². The highest BCUT2D eigenvalue weighted by Gasteiger charge is 2.62. The highest BCUT2D eigenvalue weighted by molar-refractivity contribution is 7.91. The van der Waals surface area contributed by atoms with Gasteiger partial charge in [-0.05, 0) is 76.5 Å². The lowest BCUT2D eigenvalue weighted by atomic mass is 9.90. The molecule has 18 nitrogen and oxygen atoms in total. The third-order valence-electron chi connectivity index (χ3n) is 12.1. The summed E-state index contributed by atoms with van der Waals surface area (Å²) in [6.45, 7) is 3.95. The van der Waals surface area contributed by atoms with E-state index in [2.05, 4.69) is 4.72 Å². The Morgan fingerprint density at radius 1 is 1.02 bits per heavy atom. The number of Topliss-reactive ketones (excluding diaryl/α,β-unsaturated/α-hetero) is 1. The van der Waals surface area contributed by atoms with Crippen molar-refractivity contribution in [2.45, 2.75) is 113 Å².